The lowest BCUT2D eigenvalue weighted by Crippen LogP contribution is -2.27. The third-order valence-corrected chi connectivity index (χ3v) is 2.82. The summed E-state index contributed by atoms with van der Waals surface area (Å²) in [5.74, 6) is 0.777. The number of nitrogen functional groups attached to an aromatic ring is 1. The molecule has 1 unspecified atom stereocenters. The first-order valence-corrected chi connectivity index (χ1v) is 4.91. The molecule has 14 heavy (non-hydrogen) atoms. The number of ether oxygens (including phenoxy) is 1. The molecule has 3 heteroatoms. The summed E-state index contributed by atoms with van der Waals surface area (Å²) in [6, 6.07) is 4.32. The van der Waals surface area contributed by atoms with E-state index in [9.17, 15) is 0 Å². The van der Waals surface area contributed by atoms with Crippen LogP contribution in [0.15, 0.2) is 12.1 Å². The molecule has 0 heterocycles. The van der Waals surface area contributed by atoms with Crippen LogP contribution in [0, 0.1) is 0 Å². The molecule has 0 saturated heterocycles. The zero-order chi connectivity index (χ0) is 10.1. The number of hydrogen-bond donors (Lipinski definition) is 2. The van der Waals surface area contributed by atoms with Gasteiger partial charge in [0.25, 0.3) is 0 Å². The Balaban J connectivity index is 2.40. The van der Waals surface area contributed by atoms with Crippen molar-refractivity contribution in [1.29, 1.82) is 0 Å². The highest BCUT2D eigenvalue weighted by Crippen LogP contribution is 2.30. The number of benzene rings is 1. The Hall–Kier alpha value is -1.22. The maximum Gasteiger partial charge on any atom is 0.142 e. The van der Waals surface area contributed by atoms with Crippen molar-refractivity contribution in [2.24, 2.45) is 5.73 Å². The van der Waals surface area contributed by atoms with Crippen LogP contribution in [0.1, 0.15) is 17.5 Å². The van der Waals surface area contributed by atoms with Crippen LogP contribution in [0.4, 0.5) is 5.69 Å². The molecule has 2 rings (SSSR count). The van der Waals surface area contributed by atoms with Crippen molar-refractivity contribution in [2.45, 2.75) is 25.3 Å². The molecule has 1 atom stereocenters. The molecular formula is C11H16N2O. The van der Waals surface area contributed by atoms with Gasteiger partial charge in [-0.1, -0.05) is 0 Å². The number of anilines is 1. The van der Waals surface area contributed by atoms with Gasteiger partial charge in [-0.05, 0) is 42.5 Å². The van der Waals surface area contributed by atoms with E-state index < -0.39 is 0 Å². The molecule has 1 aromatic rings. The minimum atomic E-state index is 0.287. The highest BCUT2D eigenvalue weighted by atomic mass is 16.5. The summed E-state index contributed by atoms with van der Waals surface area (Å²) < 4.78 is 5.18. The molecule has 1 aromatic carbocycles. The summed E-state index contributed by atoms with van der Waals surface area (Å²) in [4.78, 5) is 0. The molecule has 0 spiro atoms. The van der Waals surface area contributed by atoms with Crippen LogP contribution in [0.5, 0.6) is 5.75 Å². The van der Waals surface area contributed by atoms with E-state index in [1.807, 2.05) is 12.1 Å². The van der Waals surface area contributed by atoms with Gasteiger partial charge in [-0.25, -0.2) is 0 Å². The van der Waals surface area contributed by atoms with Gasteiger partial charge >= 0.3 is 0 Å². The molecule has 0 aromatic heterocycles. The number of fused-ring (bicyclic) bond motifs is 1. The topological polar surface area (TPSA) is 61.3 Å². The summed E-state index contributed by atoms with van der Waals surface area (Å²) in [5, 5.41) is 0. The second kappa shape index (κ2) is 3.50. The van der Waals surface area contributed by atoms with Gasteiger partial charge in [0, 0.05) is 6.04 Å². The van der Waals surface area contributed by atoms with Gasteiger partial charge in [-0.15, -0.1) is 0 Å². The Bertz CT molecular complexity index is 349. The number of aryl methyl sites for hydroxylation is 1. The van der Waals surface area contributed by atoms with Crippen molar-refractivity contribution < 1.29 is 4.74 Å². The highest BCUT2D eigenvalue weighted by molar-refractivity contribution is 5.57. The monoisotopic (exact) mass is 192 g/mol. The van der Waals surface area contributed by atoms with Crippen molar-refractivity contribution >= 4 is 5.69 Å². The molecule has 0 fully saturated rings. The number of nitrogens with two attached hydrogens (primary N) is 2. The molecule has 0 amide bonds. The van der Waals surface area contributed by atoms with Crippen LogP contribution in [0.25, 0.3) is 0 Å². The van der Waals surface area contributed by atoms with Gasteiger partial charge in [-0.2, -0.15) is 0 Å². The Morgan fingerprint density at radius 1 is 1.36 bits per heavy atom. The Morgan fingerprint density at radius 2 is 2.14 bits per heavy atom. The first-order valence-electron chi connectivity index (χ1n) is 4.91. The fourth-order valence-electron chi connectivity index (χ4n) is 2.01. The van der Waals surface area contributed by atoms with Gasteiger partial charge in [0.15, 0.2) is 0 Å². The number of methoxy groups -OCH3 is 1. The van der Waals surface area contributed by atoms with E-state index in [-0.39, 0.29) is 6.04 Å². The van der Waals surface area contributed by atoms with Crippen LogP contribution in [0.3, 0.4) is 0 Å². The van der Waals surface area contributed by atoms with Crippen LogP contribution in [-0.2, 0) is 12.8 Å². The molecule has 4 N–H and O–H groups in total. The third kappa shape index (κ3) is 1.55. The van der Waals surface area contributed by atoms with Gasteiger partial charge < -0.3 is 16.2 Å². The van der Waals surface area contributed by atoms with Crippen LogP contribution >= 0.6 is 0 Å². The van der Waals surface area contributed by atoms with E-state index in [4.69, 9.17) is 16.2 Å². The lowest BCUT2D eigenvalue weighted by molar-refractivity contribution is 0.415. The Kier molecular flexibility index (Phi) is 2.33. The van der Waals surface area contributed by atoms with Crippen molar-refractivity contribution in [2.75, 3.05) is 12.8 Å². The van der Waals surface area contributed by atoms with E-state index in [0.29, 0.717) is 5.69 Å². The summed E-state index contributed by atoms with van der Waals surface area (Å²) >= 11 is 0. The lowest BCUT2D eigenvalue weighted by atomic mass is 9.88. The summed E-state index contributed by atoms with van der Waals surface area (Å²) in [6.45, 7) is 0. The summed E-state index contributed by atoms with van der Waals surface area (Å²) in [6.07, 6.45) is 3.02. The predicted molar refractivity (Wildman–Crippen MR) is 57.4 cm³/mol. The molecule has 0 bridgehead atoms. The molecule has 1 aliphatic carbocycles. The third-order valence-electron chi connectivity index (χ3n) is 2.82. The van der Waals surface area contributed by atoms with Crippen LogP contribution in [-0.4, -0.2) is 13.2 Å². The molecule has 1 aliphatic rings. The van der Waals surface area contributed by atoms with Crippen LogP contribution in [0.2, 0.25) is 0 Å². The van der Waals surface area contributed by atoms with Gasteiger partial charge in [0.1, 0.15) is 5.75 Å². The van der Waals surface area contributed by atoms with Crippen molar-refractivity contribution in [3.63, 3.8) is 0 Å². The van der Waals surface area contributed by atoms with Crippen LogP contribution < -0.4 is 16.2 Å². The predicted octanol–water partition coefficient (Wildman–Crippen LogP) is 1.09. The van der Waals surface area contributed by atoms with E-state index in [2.05, 4.69) is 0 Å². The van der Waals surface area contributed by atoms with Gasteiger partial charge in [0.05, 0.1) is 12.8 Å². The van der Waals surface area contributed by atoms with Crippen molar-refractivity contribution in [3.05, 3.63) is 23.3 Å². The first kappa shape index (κ1) is 9.34. The number of rotatable bonds is 1. The van der Waals surface area contributed by atoms with Crippen molar-refractivity contribution in [3.8, 4) is 5.75 Å². The fraction of sp³-hybridized carbons (Fsp3) is 0.455. The SMILES string of the molecule is COc1cc2c(cc1N)CC(N)CC2. The maximum absolute atomic E-state index is 5.90. The smallest absolute Gasteiger partial charge is 0.142 e. The Morgan fingerprint density at radius 3 is 2.86 bits per heavy atom. The molecule has 0 radical (unpaired) electrons. The minimum Gasteiger partial charge on any atom is -0.495 e. The van der Waals surface area contributed by atoms with E-state index in [0.717, 1.165) is 25.0 Å². The van der Waals surface area contributed by atoms with E-state index >= 15 is 0 Å². The fourth-order valence-corrected chi connectivity index (χ4v) is 2.01. The second-order valence-corrected chi connectivity index (χ2v) is 3.87. The largest absolute Gasteiger partial charge is 0.495 e. The minimum absolute atomic E-state index is 0.287. The average Bonchev–Trinajstić information content (AvgIpc) is 2.16. The van der Waals surface area contributed by atoms with Gasteiger partial charge in [0.2, 0.25) is 0 Å². The second-order valence-electron chi connectivity index (χ2n) is 3.87. The first-order chi connectivity index (χ1) is 6.70. The molecule has 3 nitrogen and oxygen atoms in total. The zero-order valence-electron chi connectivity index (χ0n) is 8.42. The normalized spacial score (nSPS) is 20.3. The highest BCUT2D eigenvalue weighted by Gasteiger charge is 2.17. The standard InChI is InChI=1S/C11H16N2O/c1-14-11-6-7-2-3-9(12)4-8(7)5-10(11)13/h5-6,9H,2-4,12-13H2,1H3. The molecule has 0 aliphatic heterocycles. The zero-order valence-corrected chi connectivity index (χ0v) is 8.42. The molecule has 0 saturated carbocycles. The summed E-state index contributed by atoms with van der Waals surface area (Å²) in [7, 11) is 1.65. The average molecular weight is 192 g/mol. The van der Waals surface area contributed by atoms with E-state index in [1.165, 1.54) is 11.1 Å². The Labute approximate surface area is 84.0 Å². The van der Waals surface area contributed by atoms with Crippen molar-refractivity contribution in [1.82, 2.24) is 0 Å². The summed E-state index contributed by atoms with van der Waals surface area (Å²) in [5.41, 5.74) is 15.1. The lowest BCUT2D eigenvalue weighted by Gasteiger charge is -2.22. The number of hydrogen-bond acceptors (Lipinski definition) is 3. The molecule has 76 valence electrons. The molecular weight excluding hydrogens is 176 g/mol. The quantitative estimate of drug-likeness (QED) is 0.655. The van der Waals surface area contributed by atoms with E-state index in [1.54, 1.807) is 7.11 Å². The maximum atomic E-state index is 5.90. The van der Waals surface area contributed by atoms with Gasteiger partial charge in [-0.3, -0.25) is 0 Å².